The van der Waals surface area contributed by atoms with E-state index in [1.54, 1.807) is 25.3 Å². The Bertz CT molecular complexity index is 600. The van der Waals surface area contributed by atoms with Crippen LogP contribution in [0.4, 0.5) is 23.7 Å². The highest BCUT2D eigenvalue weighted by molar-refractivity contribution is 7.99. The standard InChI is InChI=1S/C14H17ClF3N5OS/c1-2-23(13(24)22-9-25-8-14(16,17)18)11(12(15)19)7-21-10-4-3-5-20-6-10/h3-7,11,19H,2,8-9H2,1H3,(H,22,24). The van der Waals surface area contributed by atoms with Crippen molar-refractivity contribution in [2.45, 2.75) is 19.1 Å². The Balaban J connectivity index is 2.69. The molecule has 2 N–H and O–H groups in total. The van der Waals surface area contributed by atoms with Crippen LogP contribution in [0.5, 0.6) is 0 Å². The molecule has 11 heteroatoms. The number of rotatable bonds is 8. The monoisotopic (exact) mass is 395 g/mol. The lowest BCUT2D eigenvalue weighted by molar-refractivity contribution is -0.105. The average Bonchev–Trinajstić information content (AvgIpc) is 2.55. The van der Waals surface area contributed by atoms with Crippen molar-refractivity contribution < 1.29 is 18.0 Å². The number of nitrogens with zero attached hydrogens (tertiary/aromatic N) is 3. The van der Waals surface area contributed by atoms with Gasteiger partial charge in [0.2, 0.25) is 0 Å². The SMILES string of the molecule is CCN(C(=O)NCSCC(F)(F)F)C(C=Nc1cccnc1)C(=N)Cl. The number of urea groups is 1. The van der Waals surface area contributed by atoms with Crippen LogP contribution in [0.15, 0.2) is 29.5 Å². The third-order valence-electron chi connectivity index (χ3n) is 2.80. The third kappa shape index (κ3) is 8.21. The Hall–Kier alpha value is -1.81. The number of alkyl halides is 3. The van der Waals surface area contributed by atoms with E-state index in [-0.39, 0.29) is 17.6 Å². The average molecular weight is 396 g/mol. The van der Waals surface area contributed by atoms with Crippen molar-refractivity contribution in [2.24, 2.45) is 4.99 Å². The van der Waals surface area contributed by atoms with Gasteiger partial charge in [0.05, 0.1) is 23.5 Å². The summed E-state index contributed by atoms with van der Waals surface area (Å²) in [4.78, 5) is 21.4. The number of carbonyl (C=O) groups excluding carboxylic acids is 1. The highest BCUT2D eigenvalue weighted by atomic mass is 35.5. The molecule has 0 fully saturated rings. The molecule has 1 rings (SSSR count). The van der Waals surface area contributed by atoms with Crippen LogP contribution in [0.1, 0.15) is 6.92 Å². The number of pyridine rings is 1. The molecule has 1 atom stereocenters. The molecule has 6 nitrogen and oxygen atoms in total. The number of hydrogen-bond donors (Lipinski definition) is 2. The molecular formula is C14H17ClF3N5OS. The Morgan fingerprint density at radius 3 is 2.84 bits per heavy atom. The first-order valence-electron chi connectivity index (χ1n) is 7.11. The maximum absolute atomic E-state index is 12.1. The summed E-state index contributed by atoms with van der Waals surface area (Å²) < 4.78 is 36.3. The molecule has 0 bridgehead atoms. The number of thioether (sulfide) groups is 1. The van der Waals surface area contributed by atoms with Gasteiger partial charge in [0.25, 0.3) is 0 Å². The molecule has 0 aromatic carbocycles. The van der Waals surface area contributed by atoms with Gasteiger partial charge in [-0.15, -0.1) is 11.8 Å². The van der Waals surface area contributed by atoms with E-state index >= 15 is 0 Å². The summed E-state index contributed by atoms with van der Waals surface area (Å²) in [6.45, 7) is 1.85. The molecule has 0 saturated carbocycles. The summed E-state index contributed by atoms with van der Waals surface area (Å²) in [6, 6.07) is 1.79. The lowest BCUT2D eigenvalue weighted by Gasteiger charge is -2.27. The Kier molecular flexibility index (Phi) is 8.70. The molecule has 1 aromatic rings. The Labute approximate surface area is 152 Å². The van der Waals surface area contributed by atoms with Crippen LogP contribution in [-0.2, 0) is 0 Å². The summed E-state index contributed by atoms with van der Waals surface area (Å²) >= 11 is 6.28. The topological polar surface area (TPSA) is 81.4 Å². The van der Waals surface area contributed by atoms with E-state index in [0.717, 1.165) is 0 Å². The second kappa shape index (κ2) is 10.2. The van der Waals surface area contributed by atoms with Gasteiger partial charge in [-0.3, -0.25) is 15.4 Å². The van der Waals surface area contributed by atoms with Crippen molar-refractivity contribution in [3.63, 3.8) is 0 Å². The van der Waals surface area contributed by atoms with Crippen LogP contribution < -0.4 is 5.32 Å². The van der Waals surface area contributed by atoms with Crippen LogP contribution in [0.2, 0.25) is 0 Å². The number of amides is 2. The summed E-state index contributed by atoms with van der Waals surface area (Å²) in [5.41, 5.74) is 0.516. The molecule has 0 spiro atoms. The normalized spacial score (nSPS) is 12.8. The number of aromatic nitrogens is 1. The van der Waals surface area contributed by atoms with Crippen molar-refractivity contribution in [1.29, 1.82) is 5.41 Å². The maximum atomic E-state index is 12.1. The molecule has 0 aliphatic heterocycles. The Morgan fingerprint density at radius 2 is 2.32 bits per heavy atom. The van der Waals surface area contributed by atoms with Gasteiger partial charge in [-0.25, -0.2) is 4.79 Å². The zero-order valence-electron chi connectivity index (χ0n) is 13.3. The van der Waals surface area contributed by atoms with E-state index < -0.39 is 24.0 Å². The molecule has 1 aromatic heterocycles. The summed E-state index contributed by atoms with van der Waals surface area (Å²) in [6.07, 6.45) is 0.0926. The van der Waals surface area contributed by atoms with Gasteiger partial charge in [-0.1, -0.05) is 11.6 Å². The van der Waals surface area contributed by atoms with Crippen molar-refractivity contribution in [3.05, 3.63) is 24.5 Å². The maximum Gasteiger partial charge on any atom is 0.397 e. The van der Waals surface area contributed by atoms with Gasteiger partial charge in [0, 0.05) is 19.0 Å². The fraction of sp³-hybridized carbons (Fsp3) is 0.429. The quantitative estimate of drug-likeness (QED) is 0.400. The molecule has 25 heavy (non-hydrogen) atoms. The van der Waals surface area contributed by atoms with Gasteiger partial charge in [-0.05, 0) is 19.1 Å². The van der Waals surface area contributed by atoms with Crippen LogP contribution in [-0.4, -0.2) is 57.7 Å². The first-order chi connectivity index (χ1) is 11.7. The van der Waals surface area contributed by atoms with Gasteiger partial charge in [-0.2, -0.15) is 13.2 Å². The molecule has 2 amide bonds. The first kappa shape index (κ1) is 21.2. The summed E-state index contributed by atoms with van der Waals surface area (Å²) in [5.74, 6) is -1.27. The molecule has 0 aliphatic carbocycles. The Morgan fingerprint density at radius 1 is 1.60 bits per heavy atom. The lowest BCUT2D eigenvalue weighted by atomic mass is 10.3. The molecule has 0 aliphatic rings. The van der Waals surface area contributed by atoms with Gasteiger partial charge >= 0.3 is 12.2 Å². The van der Waals surface area contributed by atoms with E-state index in [9.17, 15) is 18.0 Å². The number of hydrogen-bond acceptors (Lipinski definition) is 5. The highest BCUT2D eigenvalue weighted by Crippen LogP contribution is 2.20. The number of nitrogens with one attached hydrogen (secondary N) is 2. The lowest BCUT2D eigenvalue weighted by Crippen LogP contribution is -2.49. The van der Waals surface area contributed by atoms with E-state index in [4.69, 9.17) is 17.0 Å². The molecule has 138 valence electrons. The summed E-state index contributed by atoms with van der Waals surface area (Å²) in [5, 5.41) is 9.64. The van der Waals surface area contributed by atoms with Crippen LogP contribution in [0, 0.1) is 5.41 Å². The van der Waals surface area contributed by atoms with Crippen LogP contribution >= 0.6 is 23.4 Å². The fourth-order valence-corrected chi connectivity index (χ4v) is 2.45. The predicted molar refractivity (Wildman–Crippen MR) is 94.0 cm³/mol. The van der Waals surface area contributed by atoms with Crippen molar-refractivity contribution >= 4 is 46.5 Å². The van der Waals surface area contributed by atoms with Gasteiger partial charge in [0.1, 0.15) is 11.2 Å². The molecule has 0 radical (unpaired) electrons. The second-order valence-corrected chi connectivity index (χ2v) is 6.05. The predicted octanol–water partition coefficient (Wildman–Crippen LogP) is 3.65. The largest absolute Gasteiger partial charge is 0.397 e. The van der Waals surface area contributed by atoms with Gasteiger partial charge < -0.3 is 10.2 Å². The fourth-order valence-electron chi connectivity index (χ4n) is 1.72. The number of halogens is 4. The minimum atomic E-state index is -4.29. The molecule has 1 unspecified atom stereocenters. The zero-order valence-corrected chi connectivity index (χ0v) is 14.8. The van der Waals surface area contributed by atoms with Crippen LogP contribution in [0.25, 0.3) is 0 Å². The minimum absolute atomic E-state index is 0.189. The van der Waals surface area contributed by atoms with E-state index in [0.29, 0.717) is 17.4 Å². The second-order valence-electron chi connectivity index (χ2n) is 4.66. The third-order valence-corrected chi connectivity index (χ3v) is 3.90. The van der Waals surface area contributed by atoms with Crippen LogP contribution in [0.3, 0.4) is 0 Å². The first-order valence-corrected chi connectivity index (χ1v) is 8.65. The smallest absolute Gasteiger partial charge is 0.329 e. The zero-order chi connectivity index (χ0) is 18.9. The van der Waals surface area contributed by atoms with E-state index in [1.165, 1.54) is 17.3 Å². The highest BCUT2D eigenvalue weighted by Gasteiger charge is 2.27. The molecular weight excluding hydrogens is 379 g/mol. The molecule has 1 heterocycles. The van der Waals surface area contributed by atoms with E-state index in [1.807, 2.05) is 0 Å². The van der Waals surface area contributed by atoms with Crippen molar-refractivity contribution in [3.8, 4) is 0 Å². The number of carbonyl (C=O) groups is 1. The minimum Gasteiger partial charge on any atom is -0.329 e. The van der Waals surface area contributed by atoms with Crippen molar-refractivity contribution in [2.75, 3.05) is 18.2 Å². The van der Waals surface area contributed by atoms with Gasteiger partial charge in [0.15, 0.2) is 0 Å². The van der Waals surface area contributed by atoms with Crippen molar-refractivity contribution in [1.82, 2.24) is 15.2 Å². The van der Waals surface area contributed by atoms with E-state index in [2.05, 4.69) is 15.3 Å². The summed E-state index contributed by atoms with van der Waals surface area (Å²) in [7, 11) is 0. The molecule has 0 saturated heterocycles. The number of aliphatic imine (C=N–C) groups is 1.